The fourth-order valence-electron chi connectivity index (χ4n) is 2.77. The Hall–Kier alpha value is -1.97. The summed E-state index contributed by atoms with van der Waals surface area (Å²) < 4.78 is 5.20. The van der Waals surface area contributed by atoms with Crippen LogP contribution in [-0.4, -0.2) is 6.04 Å². The number of nitrogens with one attached hydrogen (secondary N) is 1. The van der Waals surface area contributed by atoms with Gasteiger partial charge in [-0.15, -0.1) is 0 Å². The first kappa shape index (κ1) is 12.1. The molecule has 0 unspecified atom stereocenters. The van der Waals surface area contributed by atoms with E-state index in [0.717, 1.165) is 23.9 Å². The Morgan fingerprint density at radius 3 is 2.74 bits per heavy atom. The van der Waals surface area contributed by atoms with E-state index >= 15 is 0 Å². The van der Waals surface area contributed by atoms with Crippen LogP contribution in [0.15, 0.2) is 33.5 Å². The third kappa shape index (κ3) is 2.57. The summed E-state index contributed by atoms with van der Waals surface area (Å²) in [7, 11) is 0. The molecule has 1 fully saturated rings. The van der Waals surface area contributed by atoms with Crippen LogP contribution in [-0.2, 0) is 0 Å². The molecule has 0 aliphatic heterocycles. The lowest BCUT2D eigenvalue weighted by Gasteiger charge is -2.24. The van der Waals surface area contributed by atoms with Crippen LogP contribution >= 0.6 is 0 Å². The van der Waals surface area contributed by atoms with Gasteiger partial charge < -0.3 is 15.5 Å². The highest BCUT2D eigenvalue weighted by molar-refractivity contribution is 5.91. The second-order valence-corrected chi connectivity index (χ2v) is 5.21. The maximum Gasteiger partial charge on any atom is 0.338 e. The van der Waals surface area contributed by atoms with Crippen molar-refractivity contribution in [3.8, 4) is 0 Å². The van der Waals surface area contributed by atoms with Crippen LogP contribution in [0.5, 0.6) is 0 Å². The van der Waals surface area contributed by atoms with Crippen LogP contribution in [0, 0.1) is 0 Å². The van der Waals surface area contributed by atoms with Crippen LogP contribution in [0.2, 0.25) is 0 Å². The molecular weight excluding hydrogens is 240 g/mol. The first-order valence-corrected chi connectivity index (χ1v) is 6.82. The maximum atomic E-state index is 11.6. The second-order valence-electron chi connectivity index (χ2n) is 5.21. The zero-order valence-electron chi connectivity index (χ0n) is 10.8. The number of hydrogen-bond acceptors (Lipinski definition) is 4. The van der Waals surface area contributed by atoms with Gasteiger partial charge in [0.05, 0.1) is 5.69 Å². The minimum atomic E-state index is -0.337. The zero-order valence-corrected chi connectivity index (χ0v) is 10.8. The van der Waals surface area contributed by atoms with Crippen molar-refractivity contribution >= 4 is 22.3 Å². The van der Waals surface area contributed by atoms with Crippen molar-refractivity contribution in [2.45, 2.75) is 38.1 Å². The minimum absolute atomic E-state index is 0.337. The number of benzene rings is 1. The van der Waals surface area contributed by atoms with Gasteiger partial charge in [0.2, 0.25) is 0 Å². The lowest BCUT2D eigenvalue weighted by Crippen LogP contribution is -2.23. The predicted octanol–water partition coefficient (Wildman–Crippen LogP) is 3.12. The molecule has 0 spiro atoms. The molecule has 1 aliphatic rings. The van der Waals surface area contributed by atoms with Gasteiger partial charge in [0.15, 0.2) is 0 Å². The largest absolute Gasteiger partial charge is 0.423 e. The lowest BCUT2D eigenvalue weighted by atomic mass is 9.95. The molecule has 0 atom stereocenters. The Morgan fingerprint density at radius 2 is 1.95 bits per heavy atom. The van der Waals surface area contributed by atoms with Gasteiger partial charge in [0.1, 0.15) is 5.58 Å². The molecule has 3 N–H and O–H groups in total. The SMILES string of the molecule is Nc1ccc2c(NC3CCCCC3)cc(=O)oc2c1. The number of anilines is 2. The average molecular weight is 258 g/mol. The van der Waals surface area contributed by atoms with Crippen LogP contribution in [0.4, 0.5) is 11.4 Å². The molecule has 2 aromatic rings. The Labute approximate surface area is 111 Å². The number of fused-ring (bicyclic) bond motifs is 1. The molecule has 4 heteroatoms. The molecule has 4 nitrogen and oxygen atoms in total. The molecule has 19 heavy (non-hydrogen) atoms. The van der Waals surface area contributed by atoms with E-state index in [9.17, 15) is 4.79 Å². The van der Waals surface area contributed by atoms with Crippen molar-refractivity contribution in [3.05, 3.63) is 34.7 Å². The lowest BCUT2D eigenvalue weighted by molar-refractivity contribution is 0.462. The normalized spacial score (nSPS) is 16.6. The van der Waals surface area contributed by atoms with Crippen molar-refractivity contribution in [3.63, 3.8) is 0 Å². The van der Waals surface area contributed by atoms with Gasteiger partial charge in [-0.3, -0.25) is 0 Å². The fraction of sp³-hybridized carbons (Fsp3) is 0.400. The van der Waals surface area contributed by atoms with Gasteiger partial charge >= 0.3 is 5.63 Å². The maximum absolute atomic E-state index is 11.6. The van der Waals surface area contributed by atoms with Crippen molar-refractivity contribution in [2.24, 2.45) is 0 Å². The van der Waals surface area contributed by atoms with Crippen LogP contribution in [0.3, 0.4) is 0 Å². The molecule has 1 aliphatic carbocycles. The molecule has 100 valence electrons. The summed E-state index contributed by atoms with van der Waals surface area (Å²) in [5.41, 5.74) is 7.40. The molecule has 1 aromatic heterocycles. The third-order valence-corrected chi connectivity index (χ3v) is 3.73. The summed E-state index contributed by atoms with van der Waals surface area (Å²) in [4.78, 5) is 11.6. The van der Waals surface area contributed by atoms with Gasteiger partial charge in [-0.2, -0.15) is 0 Å². The Morgan fingerprint density at radius 1 is 1.16 bits per heavy atom. The molecule has 3 rings (SSSR count). The highest BCUT2D eigenvalue weighted by atomic mass is 16.4. The molecule has 0 amide bonds. The predicted molar refractivity (Wildman–Crippen MR) is 77.4 cm³/mol. The average Bonchev–Trinajstić information content (AvgIpc) is 2.39. The van der Waals surface area contributed by atoms with E-state index in [1.807, 2.05) is 12.1 Å². The van der Waals surface area contributed by atoms with Gasteiger partial charge in [0.25, 0.3) is 0 Å². The van der Waals surface area contributed by atoms with Crippen molar-refractivity contribution in [1.29, 1.82) is 0 Å². The Kier molecular flexibility index (Phi) is 3.15. The molecule has 1 saturated carbocycles. The van der Waals surface area contributed by atoms with Gasteiger partial charge in [-0.25, -0.2) is 4.79 Å². The summed E-state index contributed by atoms with van der Waals surface area (Å²) in [6, 6.07) is 7.42. The highest BCUT2D eigenvalue weighted by Gasteiger charge is 2.15. The smallest absolute Gasteiger partial charge is 0.338 e. The van der Waals surface area contributed by atoms with E-state index in [2.05, 4.69) is 5.32 Å². The quantitative estimate of drug-likeness (QED) is 0.641. The number of nitrogen functional groups attached to an aromatic ring is 1. The van der Waals surface area contributed by atoms with Crippen molar-refractivity contribution in [2.75, 3.05) is 11.1 Å². The first-order chi connectivity index (χ1) is 9.22. The topological polar surface area (TPSA) is 68.3 Å². The molecule has 0 radical (unpaired) electrons. The van der Waals surface area contributed by atoms with Crippen LogP contribution in [0.25, 0.3) is 11.0 Å². The van der Waals surface area contributed by atoms with E-state index in [1.54, 1.807) is 6.07 Å². The van der Waals surface area contributed by atoms with E-state index in [-0.39, 0.29) is 5.63 Å². The first-order valence-electron chi connectivity index (χ1n) is 6.82. The fourth-order valence-corrected chi connectivity index (χ4v) is 2.77. The van der Waals surface area contributed by atoms with Gasteiger partial charge in [-0.1, -0.05) is 19.3 Å². The molecule has 1 aromatic carbocycles. The van der Waals surface area contributed by atoms with Crippen LogP contribution in [0.1, 0.15) is 32.1 Å². The van der Waals surface area contributed by atoms with Gasteiger partial charge in [-0.05, 0) is 25.0 Å². The molecule has 0 bridgehead atoms. The highest BCUT2D eigenvalue weighted by Crippen LogP contribution is 2.27. The van der Waals surface area contributed by atoms with E-state index in [4.69, 9.17) is 10.2 Å². The van der Waals surface area contributed by atoms with E-state index in [1.165, 1.54) is 25.3 Å². The standard InChI is InChI=1S/C15H18N2O2/c16-10-6-7-12-13(9-15(18)19-14(12)8-10)17-11-4-2-1-3-5-11/h6-9,11,17H,1-5,16H2. The summed E-state index contributed by atoms with van der Waals surface area (Å²) in [6.07, 6.45) is 6.15. The number of rotatable bonds is 2. The zero-order chi connectivity index (χ0) is 13.2. The van der Waals surface area contributed by atoms with E-state index in [0.29, 0.717) is 17.3 Å². The summed E-state index contributed by atoms with van der Waals surface area (Å²) in [6.45, 7) is 0. The molecule has 1 heterocycles. The van der Waals surface area contributed by atoms with E-state index < -0.39 is 0 Å². The third-order valence-electron chi connectivity index (χ3n) is 3.73. The van der Waals surface area contributed by atoms with Crippen molar-refractivity contribution < 1.29 is 4.42 Å². The summed E-state index contributed by atoms with van der Waals surface area (Å²) in [5, 5.41) is 4.40. The molecule has 0 saturated heterocycles. The Balaban J connectivity index is 1.99. The Bertz CT molecular complexity index is 642. The second kappa shape index (κ2) is 4.96. The van der Waals surface area contributed by atoms with Gasteiger partial charge in [0, 0.05) is 29.2 Å². The number of hydrogen-bond donors (Lipinski definition) is 2. The van der Waals surface area contributed by atoms with Crippen molar-refractivity contribution in [1.82, 2.24) is 0 Å². The van der Waals surface area contributed by atoms with Crippen LogP contribution < -0.4 is 16.7 Å². The minimum Gasteiger partial charge on any atom is -0.423 e. The molecular formula is C15H18N2O2. The summed E-state index contributed by atoms with van der Waals surface area (Å²) in [5.74, 6) is 0. The monoisotopic (exact) mass is 258 g/mol. The number of nitrogens with two attached hydrogens (primary N) is 1. The summed E-state index contributed by atoms with van der Waals surface area (Å²) >= 11 is 0.